The van der Waals surface area contributed by atoms with Crippen molar-refractivity contribution in [1.29, 1.82) is 0 Å². The molecule has 114 valence electrons. The summed E-state index contributed by atoms with van der Waals surface area (Å²) in [5, 5.41) is 5.32. The summed E-state index contributed by atoms with van der Waals surface area (Å²) in [4.78, 5) is 27.9. The van der Waals surface area contributed by atoms with E-state index in [0.29, 0.717) is 17.8 Å². The summed E-state index contributed by atoms with van der Waals surface area (Å²) in [6.45, 7) is 2.31. The molecule has 6 heteroatoms. The van der Waals surface area contributed by atoms with Crippen LogP contribution >= 0.6 is 0 Å². The van der Waals surface area contributed by atoms with Gasteiger partial charge in [0.15, 0.2) is 0 Å². The van der Waals surface area contributed by atoms with Crippen LogP contribution in [0.4, 0.5) is 10.5 Å². The summed E-state index contributed by atoms with van der Waals surface area (Å²) in [5.74, 6) is -0.469. The molecule has 0 fully saturated rings. The number of ether oxygens (including phenoxy) is 1. The zero-order chi connectivity index (χ0) is 15.8. The van der Waals surface area contributed by atoms with E-state index in [1.807, 2.05) is 12.1 Å². The number of aromatic nitrogens is 1. The lowest BCUT2D eigenvalue weighted by Gasteiger charge is -2.11. The quantitative estimate of drug-likeness (QED) is 0.832. The Labute approximate surface area is 128 Å². The highest BCUT2D eigenvalue weighted by Gasteiger charge is 2.13. The van der Waals surface area contributed by atoms with Gasteiger partial charge in [-0.25, -0.2) is 9.59 Å². The van der Waals surface area contributed by atoms with Crippen LogP contribution in [0.15, 0.2) is 48.7 Å². The third-order valence-corrected chi connectivity index (χ3v) is 2.83. The van der Waals surface area contributed by atoms with E-state index in [-0.39, 0.29) is 6.61 Å². The van der Waals surface area contributed by atoms with Crippen molar-refractivity contribution in [3.8, 4) is 0 Å². The molecule has 2 amide bonds. The van der Waals surface area contributed by atoms with Crippen molar-refractivity contribution in [2.75, 3.05) is 11.9 Å². The number of hydrogen-bond donors (Lipinski definition) is 2. The first-order valence-electron chi connectivity index (χ1n) is 6.91. The monoisotopic (exact) mass is 299 g/mol. The van der Waals surface area contributed by atoms with Crippen LogP contribution in [-0.4, -0.2) is 23.6 Å². The molecule has 0 saturated heterocycles. The number of rotatable bonds is 5. The summed E-state index contributed by atoms with van der Waals surface area (Å²) in [6, 6.07) is 11.7. The fourth-order valence-corrected chi connectivity index (χ4v) is 1.82. The van der Waals surface area contributed by atoms with Crippen LogP contribution < -0.4 is 10.6 Å². The summed E-state index contributed by atoms with van der Waals surface area (Å²) in [6.07, 6.45) is 1.66. The number of para-hydroxylation sites is 1. The number of esters is 1. The molecule has 0 spiro atoms. The molecule has 0 radical (unpaired) electrons. The third-order valence-electron chi connectivity index (χ3n) is 2.83. The van der Waals surface area contributed by atoms with Crippen LogP contribution in [0.3, 0.4) is 0 Å². The predicted octanol–water partition coefficient (Wildman–Crippen LogP) is 2.58. The molecule has 1 heterocycles. The van der Waals surface area contributed by atoms with E-state index in [0.717, 1.165) is 5.69 Å². The maximum absolute atomic E-state index is 11.9. The average Bonchev–Trinajstić information content (AvgIpc) is 2.54. The molecular weight excluding hydrogens is 282 g/mol. The maximum Gasteiger partial charge on any atom is 0.340 e. The molecule has 2 N–H and O–H groups in total. The van der Waals surface area contributed by atoms with Crippen molar-refractivity contribution in [1.82, 2.24) is 10.3 Å². The summed E-state index contributed by atoms with van der Waals surface area (Å²) < 4.78 is 4.96. The highest BCUT2D eigenvalue weighted by Crippen LogP contribution is 2.16. The lowest BCUT2D eigenvalue weighted by Crippen LogP contribution is -2.29. The van der Waals surface area contributed by atoms with E-state index in [4.69, 9.17) is 4.74 Å². The standard InChI is InChI=1S/C16H17N3O3/c1-2-22-15(20)13-8-3-4-9-14(13)19-16(21)18-11-12-7-5-6-10-17-12/h3-10H,2,11H2,1H3,(H2,18,19,21). The van der Waals surface area contributed by atoms with Crippen molar-refractivity contribution in [3.05, 3.63) is 59.9 Å². The number of carbonyl (C=O) groups excluding carboxylic acids is 2. The van der Waals surface area contributed by atoms with Crippen LogP contribution in [0.1, 0.15) is 23.0 Å². The number of hydrogen-bond acceptors (Lipinski definition) is 4. The van der Waals surface area contributed by atoms with Crippen LogP contribution in [0.25, 0.3) is 0 Å². The van der Waals surface area contributed by atoms with Gasteiger partial charge in [0.1, 0.15) is 0 Å². The van der Waals surface area contributed by atoms with E-state index >= 15 is 0 Å². The fraction of sp³-hybridized carbons (Fsp3) is 0.188. The van der Waals surface area contributed by atoms with Gasteiger partial charge in [0, 0.05) is 6.20 Å². The number of pyridine rings is 1. The predicted molar refractivity (Wildman–Crippen MR) is 82.5 cm³/mol. The normalized spacial score (nSPS) is 9.86. The molecule has 0 saturated carbocycles. The van der Waals surface area contributed by atoms with Crippen molar-refractivity contribution in [3.63, 3.8) is 0 Å². The molecule has 0 atom stereocenters. The Bertz CT molecular complexity index is 644. The number of amides is 2. The van der Waals surface area contributed by atoms with Gasteiger partial charge in [-0.2, -0.15) is 0 Å². The Morgan fingerprint density at radius 3 is 2.64 bits per heavy atom. The van der Waals surface area contributed by atoms with Crippen molar-refractivity contribution in [2.45, 2.75) is 13.5 Å². The Morgan fingerprint density at radius 1 is 1.14 bits per heavy atom. The first-order valence-corrected chi connectivity index (χ1v) is 6.91. The van der Waals surface area contributed by atoms with Gasteiger partial charge in [0.2, 0.25) is 0 Å². The van der Waals surface area contributed by atoms with E-state index in [2.05, 4.69) is 15.6 Å². The minimum atomic E-state index is -0.469. The van der Waals surface area contributed by atoms with Gasteiger partial charge < -0.3 is 15.4 Å². The molecule has 22 heavy (non-hydrogen) atoms. The second-order valence-electron chi connectivity index (χ2n) is 4.39. The zero-order valence-electron chi connectivity index (χ0n) is 12.2. The number of nitrogens with zero attached hydrogens (tertiary/aromatic N) is 1. The topological polar surface area (TPSA) is 80.3 Å². The van der Waals surface area contributed by atoms with Gasteiger partial charge in [-0.15, -0.1) is 0 Å². The summed E-state index contributed by atoms with van der Waals surface area (Å²) in [5.41, 5.74) is 1.47. The maximum atomic E-state index is 11.9. The van der Waals surface area contributed by atoms with Crippen molar-refractivity contribution in [2.24, 2.45) is 0 Å². The first-order chi connectivity index (χ1) is 10.7. The van der Waals surface area contributed by atoms with Gasteiger partial charge in [-0.1, -0.05) is 18.2 Å². The van der Waals surface area contributed by atoms with Gasteiger partial charge in [-0.3, -0.25) is 4.98 Å². The van der Waals surface area contributed by atoms with E-state index in [1.54, 1.807) is 43.5 Å². The van der Waals surface area contributed by atoms with Crippen LogP contribution in [0.2, 0.25) is 0 Å². The highest BCUT2D eigenvalue weighted by molar-refractivity contribution is 6.00. The van der Waals surface area contributed by atoms with Crippen LogP contribution in [0.5, 0.6) is 0 Å². The fourth-order valence-electron chi connectivity index (χ4n) is 1.82. The van der Waals surface area contributed by atoms with E-state index < -0.39 is 12.0 Å². The molecule has 1 aromatic heterocycles. The van der Waals surface area contributed by atoms with Crippen LogP contribution in [0, 0.1) is 0 Å². The minimum absolute atomic E-state index is 0.277. The second kappa shape index (κ2) is 7.78. The van der Waals surface area contributed by atoms with E-state index in [9.17, 15) is 9.59 Å². The average molecular weight is 299 g/mol. The Balaban J connectivity index is 1.98. The van der Waals surface area contributed by atoms with Crippen LogP contribution in [-0.2, 0) is 11.3 Å². The molecule has 0 aliphatic carbocycles. The van der Waals surface area contributed by atoms with Crippen molar-refractivity contribution >= 4 is 17.7 Å². The lowest BCUT2D eigenvalue weighted by atomic mass is 10.2. The lowest BCUT2D eigenvalue weighted by molar-refractivity contribution is 0.0527. The molecule has 1 aromatic carbocycles. The Hall–Kier alpha value is -2.89. The SMILES string of the molecule is CCOC(=O)c1ccccc1NC(=O)NCc1ccccn1. The summed E-state index contributed by atoms with van der Waals surface area (Å²) in [7, 11) is 0. The minimum Gasteiger partial charge on any atom is -0.462 e. The number of benzene rings is 1. The summed E-state index contributed by atoms with van der Waals surface area (Å²) >= 11 is 0. The highest BCUT2D eigenvalue weighted by atomic mass is 16.5. The zero-order valence-corrected chi connectivity index (χ0v) is 12.2. The largest absolute Gasteiger partial charge is 0.462 e. The molecule has 0 aliphatic heterocycles. The molecular formula is C16H17N3O3. The molecule has 0 unspecified atom stereocenters. The van der Waals surface area contributed by atoms with Gasteiger partial charge in [0.05, 0.1) is 30.1 Å². The van der Waals surface area contributed by atoms with Crippen molar-refractivity contribution < 1.29 is 14.3 Å². The van der Waals surface area contributed by atoms with E-state index in [1.165, 1.54) is 0 Å². The first kappa shape index (κ1) is 15.5. The molecule has 6 nitrogen and oxygen atoms in total. The number of nitrogens with one attached hydrogen (secondary N) is 2. The van der Waals surface area contributed by atoms with Gasteiger partial charge in [0.25, 0.3) is 0 Å². The molecule has 2 aromatic rings. The smallest absolute Gasteiger partial charge is 0.340 e. The number of anilines is 1. The Kier molecular flexibility index (Phi) is 5.48. The third kappa shape index (κ3) is 4.31. The van der Waals surface area contributed by atoms with Gasteiger partial charge in [-0.05, 0) is 31.2 Å². The second-order valence-corrected chi connectivity index (χ2v) is 4.39. The number of urea groups is 1. The Morgan fingerprint density at radius 2 is 1.91 bits per heavy atom. The van der Waals surface area contributed by atoms with Gasteiger partial charge >= 0.3 is 12.0 Å². The number of carbonyl (C=O) groups is 2. The molecule has 0 aliphatic rings. The molecule has 2 rings (SSSR count). The molecule has 0 bridgehead atoms.